The van der Waals surface area contributed by atoms with Crippen molar-refractivity contribution in [2.24, 2.45) is 0 Å². The first-order valence-electron chi connectivity index (χ1n) is 5.72. The third-order valence-electron chi connectivity index (χ3n) is 3.08. The van der Waals surface area contributed by atoms with Crippen LogP contribution >= 0.6 is 22.7 Å². The summed E-state index contributed by atoms with van der Waals surface area (Å²) in [5.74, 6) is 0. The third-order valence-corrected chi connectivity index (χ3v) is 5.10. The number of pyridine rings is 1. The Balaban J connectivity index is 2.04. The molecule has 0 N–H and O–H groups in total. The maximum absolute atomic E-state index is 4.19. The van der Waals surface area contributed by atoms with Crippen molar-refractivity contribution in [1.29, 1.82) is 0 Å². The summed E-state index contributed by atoms with van der Waals surface area (Å²) < 4.78 is 2.60. The lowest BCUT2D eigenvalue weighted by molar-refractivity contribution is 1.37. The van der Waals surface area contributed by atoms with Crippen LogP contribution in [0.15, 0.2) is 54.2 Å². The van der Waals surface area contributed by atoms with Crippen LogP contribution in [0.25, 0.3) is 30.6 Å². The van der Waals surface area contributed by atoms with E-state index in [1.807, 2.05) is 23.7 Å². The van der Waals surface area contributed by atoms with Gasteiger partial charge < -0.3 is 0 Å². The number of hydrogen-bond donors (Lipinski definition) is 0. The molecule has 1 aromatic carbocycles. The molecule has 18 heavy (non-hydrogen) atoms. The average molecular weight is 267 g/mol. The van der Waals surface area contributed by atoms with Gasteiger partial charge in [-0.05, 0) is 29.1 Å². The van der Waals surface area contributed by atoms with Gasteiger partial charge in [0, 0.05) is 32.7 Å². The van der Waals surface area contributed by atoms with Crippen LogP contribution in [0.1, 0.15) is 0 Å². The number of nitrogens with zero attached hydrogens (tertiary/aromatic N) is 1. The zero-order valence-corrected chi connectivity index (χ0v) is 11.1. The molecule has 0 spiro atoms. The summed E-state index contributed by atoms with van der Waals surface area (Å²) in [6, 6.07) is 13.1. The Kier molecular flexibility index (Phi) is 2.22. The maximum atomic E-state index is 4.19. The second-order valence-electron chi connectivity index (χ2n) is 4.16. The van der Waals surface area contributed by atoms with Crippen LogP contribution in [0.4, 0.5) is 0 Å². The van der Waals surface area contributed by atoms with Crippen LogP contribution in [0, 0.1) is 0 Å². The van der Waals surface area contributed by atoms with Gasteiger partial charge in [-0.3, -0.25) is 4.98 Å². The lowest BCUT2D eigenvalue weighted by atomic mass is 10.1. The molecular weight excluding hydrogens is 258 g/mol. The van der Waals surface area contributed by atoms with Crippen molar-refractivity contribution >= 4 is 42.8 Å². The molecular formula is C15H9NS2. The van der Waals surface area contributed by atoms with E-state index in [-0.39, 0.29) is 0 Å². The molecule has 3 heteroatoms. The van der Waals surface area contributed by atoms with E-state index in [0.29, 0.717) is 0 Å². The molecule has 0 aliphatic heterocycles. The molecule has 0 amide bonds. The highest BCUT2D eigenvalue weighted by atomic mass is 32.1. The van der Waals surface area contributed by atoms with Crippen LogP contribution in [-0.2, 0) is 0 Å². The summed E-state index contributed by atoms with van der Waals surface area (Å²) >= 11 is 3.60. The largest absolute Gasteiger partial charge is 0.263 e. The lowest BCUT2D eigenvalue weighted by Crippen LogP contribution is -1.71. The Hall–Kier alpha value is -1.71. The monoisotopic (exact) mass is 267 g/mol. The highest BCUT2D eigenvalue weighted by molar-refractivity contribution is 7.25. The molecule has 0 unspecified atom stereocenters. The molecule has 4 rings (SSSR count). The zero-order valence-electron chi connectivity index (χ0n) is 9.46. The lowest BCUT2D eigenvalue weighted by Gasteiger charge is -1.97. The molecule has 86 valence electrons. The predicted octanol–water partition coefficient (Wildman–Crippen LogP) is 5.18. The first-order valence-corrected chi connectivity index (χ1v) is 7.41. The van der Waals surface area contributed by atoms with Gasteiger partial charge in [0.1, 0.15) is 0 Å². The van der Waals surface area contributed by atoms with E-state index in [0.717, 1.165) is 0 Å². The van der Waals surface area contributed by atoms with Gasteiger partial charge >= 0.3 is 0 Å². The fraction of sp³-hybridized carbons (Fsp3) is 0. The number of aromatic nitrogens is 1. The fourth-order valence-corrected chi connectivity index (χ4v) is 4.06. The van der Waals surface area contributed by atoms with Crippen LogP contribution in [0.3, 0.4) is 0 Å². The van der Waals surface area contributed by atoms with Gasteiger partial charge in [0.05, 0.1) is 4.70 Å². The normalized spacial score (nSPS) is 11.3. The maximum Gasteiger partial charge on any atom is 0.0538 e. The second-order valence-corrected chi connectivity index (χ2v) is 6.19. The van der Waals surface area contributed by atoms with Crippen molar-refractivity contribution in [2.45, 2.75) is 0 Å². The Morgan fingerprint density at radius 1 is 0.944 bits per heavy atom. The molecule has 0 bridgehead atoms. The summed E-state index contributed by atoms with van der Waals surface area (Å²) in [5.41, 5.74) is 1.30. The first-order chi connectivity index (χ1) is 8.92. The van der Waals surface area contributed by atoms with E-state index in [9.17, 15) is 0 Å². The van der Waals surface area contributed by atoms with Gasteiger partial charge in [-0.15, -0.1) is 22.7 Å². The molecule has 3 aromatic heterocycles. The highest BCUT2D eigenvalue weighted by Gasteiger charge is 2.06. The summed E-state index contributed by atoms with van der Waals surface area (Å²) in [5, 5.41) is 4.76. The molecule has 0 radical (unpaired) electrons. The molecule has 4 aromatic rings. The smallest absolute Gasteiger partial charge is 0.0538 e. The topological polar surface area (TPSA) is 12.9 Å². The van der Waals surface area contributed by atoms with Crippen molar-refractivity contribution in [3.63, 3.8) is 0 Å². The first kappa shape index (κ1) is 10.2. The fourth-order valence-electron chi connectivity index (χ4n) is 2.23. The summed E-state index contributed by atoms with van der Waals surface area (Å²) in [6.07, 6.45) is 3.81. The SMILES string of the molecule is c1csc(-c2ccc3c(c2)sc2cnccc23)c1. The minimum Gasteiger partial charge on any atom is -0.263 e. The number of thiophene rings is 2. The molecule has 0 saturated heterocycles. The highest BCUT2D eigenvalue weighted by Crippen LogP contribution is 2.36. The molecule has 0 aliphatic carbocycles. The number of fused-ring (bicyclic) bond motifs is 3. The van der Waals surface area contributed by atoms with Gasteiger partial charge in [0.2, 0.25) is 0 Å². The van der Waals surface area contributed by atoms with Crippen molar-refractivity contribution < 1.29 is 0 Å². The Morgan fingerprint density at radius 2 is 1.89 bits per heavy atom. The van der Waals surface area contributed by atoms with E-state index in [2.05, 4.69) is 46.8 Å². The quantitative estimate of drug-likeness (QED) is 0.463. The van der Waals surface area contributed by atoms with E-state index in [1.165, 1.54) is 30.6 Å². The van der Waals surface area contributed by atoms with Crippen molar-refractivity contribution in [3.05, 3.63) is 54.2 Å². The standard InChI is InChI=1S/C15H9NS2/c1-2-13(17-7-1)10-3-4-11-12-5-6-16-9-15(12)18-14(11)8-10/h1-9H. The average Bonchev–Trinajstić information content (AvgIpc) is 3.05. The van der Waals surface area contributed by atoms with Gasteiger partial charge in [0.25, 0.3) is 0 Å². The Labute approximate surface area is 112 Å². The van der Waals surface area contributed by atoms with Crippen LogP contribution < -0.4 is 0 Å². The minimum atomic E-state index is 1.26. The van der Waals surface area contributed by atoms with Gasteiger partial charge in [-0.1, -0.05) is 18.2 Å². The second kappa shape index (κ2) is 3.90. The Bertz CT molecular complexity index is 828. The number of benzene rings is 1. The predicted molar refractivity (Wildman–Crippen MR) is 80.4 cm³/mol. The molecule has 3 heterocycles. The van der Waals surface area contributed by atoms with Gasteiger partial charge in [0.15, 0.2) is 0 Å². The van der Waals surface area contributed by atoms with Crippen molar-refractivity contribution in [1.82, 2.24) is 4.98 Å². The number of rotatable bonds is 1. The van der Waals surface area contributed by atoms with Crippen LogP contribution in [-0.4, -0.2) is 4.98 Å². The van der Waals surface area contributed by atoms with E-state index >= 15 is 0 Å². The Morgan fingerprint density at radius 3 is 2.78 bits per heavy atom. The number of hydrogen-bond acceptors (Lipinski definition) is 3. The van der Waals surface area contributed by atoms with Crippen molar-refractivity contribution in [2.75, 3.05) is 0 Å². The molecule has 1 nitrogen and oxygen atoms in total. The molecule has 0 atom stereocenters. The van der Waals surface area contributed by atoms with Gasteiger partial charge in [-0.25, -0.2) is 0 Å². The van der Waals surface area contributed by atoms with E-state index in [4.69, 9.17) is 0 Å². The summed E-state index contributed by atoms with van der Waals surface area (Å²) in [7, 11) is 0. The molecule has 0 aliphatic rings. The third kappa shape index (κ3) is 1.48. The summed E-state index contributed by atoms with van der Waals surface area (Å²) in [6.45, 7) is 0. The minimum absolute atomic E-state index is 1.26. The van der Waals surface area contributed by atoms with E-state index in [1.54, 1.807) is 11.3 Å². The van der Waals surface area contributed by atoms with Crippen molar-refractivity contribution in [3.8, 4) is 10.4 Å². The van der Waals surface area contributed by atoms with Gasteiger partial charge in [-0.2, -0.15) is 0 Å². The zero-order chi connectivity index (χ0) is 11.9. The molecule has 0 fully saturated rings. The molecule has 0 saturated carbocycles. The van der Waals surface area contributed by atoms with Crippen LogP contribution in [0.2, 0.25) is 0 Å². The van der Waals surface area contributed by atoms with Crippen LogP contribution in [0.5, 0.6) is 0 Å². The summed E-state index contributed by atoms with van der Waals surface area (Å²) in [4.78, 5) is 5.52. The van der Waals surface area contributed by atoms with E-state index < -0.39 is 0 Å².